The number of nitrogens with one attached hydrogen (secondary N) is 1. The lowest BCUT2D eigenvalue weighted by atomic mass is 9.84. The van der Waals surface area contributed by atoms with E-state index in [4.69, 9.17) is 0 Å². The van der Waals surface area contributed by atoms with E-state index in [0.29, 0.717) is 0 Å². The smallest absolute Gasteiger partial charge is 0.0138 e. The van der Waals surface area contributed by atoms with Crippen LogP contribution in [0, 0.1) is 17.8 Å². The van der Waals surface area contributed by atoms with Gasteiger partial charge in [0.15, 0.2) is 0 Å². The predicted molar refractivity (Wildman–Crippen MR) is 68.3 cm³/mol. The first kappa shape index (κ1) is 10.8. The van der Waals surface area contributed by atoms with Crippen LogP contribution in [-0.2, 0) is 0 Å². The fourth-order valence-corrected chi connectivity index (χ4v) is 4.34. The molecule has 3 rings (SSSR count). The highest BCUT2D eigenvalue weighted by atomic mass is 14.9. The molecule has 1 nitrogen and oxygen atoms in total. The molecular formula is C15H25N. The van der Waals surface area contributed by atoms with Crippen LogP contribution in [-0.4, -0.2) is 12.1 Å². The molecule has 1 heteroatoms. The quantitative estimate of drug-likeness (QED) is 0.713. The molecular weight excluding hydrogens is 194 g/mol. The summed E-state index contributed by atoms with van der Waals surface area (Å²) in [5.74, 6) is 3.25. The Morgan fingerprint density at radius 2 is 2.00 bits per heavy atom. The molecule has 0 radical (unpaired) electrons. The van der Waals surface area contributed by atoms with Crippen LogP contribution < -0.4 is 5.32 Å². The fourth-order valence-electron chi connectivity index (χ4n) is 4.34. The topological polar surface area (TPSA) is 12.0 Å². The van der Waals surface area contributed by atoms with Crippen LogP contribution in [0.4, 0.5) is 0 Å². The molecule has 90 valence electrons. The minimum Gasteiger partial charge on any atom is -0.311 e. The fraction of sp³-hybridized carbons (Fsp3) is 0.867. The molecule has 2 fully saturated rings. The molecule has 0 heterocycles. The molecule has 3 aliphatic carbocycles. The second-order valence-corrected chi connectivity index (χ2v) is 6.38. The maximum Gasteiger partial charge on any atom is 0.0138 e. The van der Waals surface area contributed by atoms with Gasteiger partial charge in [0.1, 0.15) is 0 Å². The molecule has 0 aromatic carbocycles. The number of hydrogen-bond acceptors (Lipinski definition) is 1. The summed E-state index contributed by atoms with van der Waals surface area (Å²) in [4.78, 5) is 0. The van der Waals surface area contributed by atoms with Crippen molar-refractivity contribution < 1.29 is 0 Å². The molecule has 0 aliphatic heterocycles. The maximum atomic E-state index is 3.80. The zero-order valence-corrected chi connectivity index (χ0v) is 10.5. The molecule has 0 aromatic rings. The van der Waals surface area contributed by atoms with Crippen molar-refractivity contribution in [3.05, 3.63) is 12.2 Å². The summed E-state index contributed by atoms with van der Waals surface area (Å²) in [5.41, 5.74) is 0. The molecule has 2 bridgehead atoms. The molecule has 0 amide bonds. The van der Waals surface area contributed by atoms with Crippen LogP contribution in [0.1, 0.15) is 51.9 Å². The first-order valence-electron chi connectivity index (χ1n) is 7.22. The highest BCUT2D eigenvalue weighted by Crippen LogP contribution is 2.49. The number of fused-ring (bicyclic) bond motifs is 2. The van der Waals surface area contributed by atoms with Crippen LogP contribution in [0.5, 0.6) is 0 Å². The molecule has 3 aliphatic rings. The van der Waals surface area contributed by atoms with Gasteiger partial charge in [-0.15, -0.1) is 0 Å². The Morgan fingerprint density at radius 1 is 1.19 bits per heavy atom. The standard InChI is InChI=1S/C15H25N/c1-11(16-15-4-2-3-5-15)8-14-10-12-6-7-13(14)9-12/h2-3,11-16H,4-10H2,1H3/t11-,12+,13+,14+/m1/s1. The van der Waals surface area contributed by atoms with E-state index in [-0.39, 0.29) is 0 Å². The van der Waals surface area contributed by atoms with E-state index in [1.165, 1.54) is 32.1 Å². The third-order valence-corrected chi connectivity index (χ3v) is 5.07. The van der Waals surface area contributed by atoms with E-state index in [9.17, 15) is 0 Å². The SMILES string of the molecule is C[C@H](C[C@H]1C[C@H]2CC[C@H]1C2)NC1CC=CC1. The zero-order chi connectivity index (χ0) is 11.0. The highest BCUT2D eigenvalue weighted by molar-refractivity contribution is 4.99. The predicted octanol–water partition coefficient (Wildman–Crippen LogP) is 3.51. The lowest BCUT2D eigenvalue weighted by Crippen LogP contribution is -2.36. The van der Waals surface area contributed by atoms with Crippen LogP contribution >= 0.6 is 0 Å². The van der Waals surface area contributed by atoms with E-state index in [2.05, 4.69) is 24.4 Å². The first-order valence-corrected chi connectivity index (χ1v) is 7.22. The summed E-state index contributed by atoms with van der Waals surface area (Å²) in [6.45, 7) is 2.39. The van der Waals surface area contributed by atoms with Crippen molar-refractivity contribution in [3.8, 4) is 0 Å². The highest BCUT2D eigenvalue weighted by Gasteiger charge is 2.39. The van der Waals surface area contributed by atoms with Gasteiger partial charge >= 0.3 is 0 Å². The molecule has 16 heavy (non-hydrogen) atoms. The Hall–Kier alpha value is -0.300. The second kappa shape index (κ2) is 4.52. The lowest BCUT2D eigenvalue weighted by molar-refractivity contribution is 0.275. The molecule has 4 atom stereocenters. The van der Waals surface area contributed by atoms with Crippen LogP contribution in [0.3, 0.4) is 0 Å². The molecule has 0 aromatic heterocycles. The Kier molecular flexibility index (Phi) is 3.06. The Bertz CT molecular complexity index is 263. The summed E-state index contributed by atoms with van der Waals surface area (Å²) in [6.07, 6.45) is 14.7. The average Bonchev–Trinajstić information content (AvgIpc) is 2.92. The normalized spacial score (nSPS) is 39.7. The maximum absolute atomic E-state index is 3.80. The van der Waals surface area contributed by atoms with Gasteiger partial charge in [0.05, 0.1) is 0 Å². The molecule has 1 N–H and O–H groups in total. The minimum atomic E-state index is 0.731. The van der Waals surface area contributed by atoms with Gasteiger partial charge < -0.3 is 5.32 Å². The first-order chi connectivity index (χ1) is 7.81. The van der Waals surface area contributed by atoms with Crippen LogP contribution in [0.15, 0.2) is 12.2 Å². The third kappa shape index (κ3) is 2.20. The van der Waals surface area contributed by atoms with E-state index < -0.39 is 0 Å². The van der Waals surface area contributed by atoms with E-state index in [1.54, 1.807) is 12.8 Å². The van der Waals surface area contributed by atoms with E-state index in [0.717, 1.165) is 29.8 Å². The van der Waals surface area contributed by atoms with Gasteiger partial charge in [-0.3, -0.25) is 0 Å². The summed E-state index contributed by atoms with van der Waals surface area (Å²) in [6, 6.07) is 1.47. The van der Waals surface area contributed by atoms with Crippen molar-refractivity contribution in [2.75, 3.05) is 0 Å². The van der Waals surface area contributed by atoms with Crippen LogP contribution in [0.25, 0.3) is 0 Å². The van der Waals surface area contributed by atoms with Gasteiger partial charge in [0.25, 0.3) is 0 Å². The molecule has 0 saturated heterocycles. The Labute approximate surface area is 99.7 Å². The summed E-state index contributed by atoms with van der Waals surface area (Å²) >= 11 is 0. The third-order valence-electron chi connectivity index (χ3n) is 5.07. The average molecular weight is 219 g/mol. The van der Waals surface area contributed by atoms with E-state index in [1.807, 2.05) is 0 Å². The number of hydrogen-bond donors (Lipinski definition) is 1. The summed E-state index contributed by atoms with van der Waals surface area (Å²) in [7, 11) is 0. The van der Waals surface area contributed by atoms with Crippen molar-refractivity contribution in [2.24, 2.45) is 17.8 Å². The van der Waals surface area contributed by atoms with Gasteiger partial charge in [-0.25, -0.2) is 0 Å². The van der Waals surface area contributed by atoms with Crippen LogP contribution in [0.2, 0.25) is 0 Å². The lowest BCUT2D eigenvalue weighted by Gasteiger charge is -2.27. The van der Waals surface area contributed by atoms with Crippen molar-refractivity contribution in [2.45, 2.75) is 64.0 Å². The molecule has 0 spiro atoms. The Balaban J connectivity index is 1.44. The van der Waals surface area contributed by atoms with Crippen molar-refractivity contribution in [1.29, 1.82) is 0 Å². The summed E-state index contributed by atoms with van der Waals surface area (Å²) in [5, 5.41) is 3.80. The van der Waals surface area contributed by atoms with Crippen molar-refractivity contribution in [1.82, 2.24) is 5.32 Å². The minimum absolute atomic E-state index is 0.731. The second-order valence-electron chi connectivity index (χ2n) is 6.38. The largest absolute Gasteiger partial charge is 0.311 e. The molecule has 2 saturated carbocycles. The molecule has 0 unspecified atom stereocenters. The summed E-state index contributed by atoms with van der Waals surface area (Å²) < 4.78 is 0. The van der Waals surface area contributed by atoms with Gasteiger partial charge in [-0.2, -0.15) is 0 Å². The van der Waals surface area contributed by atoms with Crippen molar-refractivity contribution >= 4 is 0 Å². The van der Waals surface area contributed by atoms with Gasteiger partial charge in [-0.1, -0.05) is 18.6 Å². The van der Waals surface area contributed by atoms with Gasteiger partial charge in [-0.05, 0) is 63.2 Å². The Morgan fingerprint density at radius 3 is 2.62 bits per heavy atom. The van der Waals surface area contributed by atoms with Gasteiger partial charge in [0.2, 0.25) is 0 Å². The van der Waals surface area contributed by atoms with Gasteiger partial charge in [0, 0.05) is 12.1 Å². The van der Waals surface area contributed by atoms with Crippen molar-refractivity contribution in [3.63, 3.8) is 0 Å². The van der Waals surface area contributed by atoms with E-state index >= 15 is 0 Å². The number of rotatable bonds is 4. The zero-order valence-electron chi connectivity index (χ0n) is 10.5. The monoisotopic (exact) mass is 219 g/mol.